The average Bonchev–Trinajstić information content (AvgIpc) is 2.87. The van der Waals surface area contributed by atoms with Crippen LogP contribution >= 0.6 is 0 Å². The average molecular weight is 543 g/mol. The number of nitrogens with zero attached hydrogens (tertiary/aromatic N) is 4. The quantitative estimate of drug-likeness (QED) is 0.318. The van der Waals surface area contributed by atoms with E-state index in [0.717, 1.165) is 38.5 Å². The molecule has 0 radical (unpaired) electrons. The van der Waals surface area contributed by atoms with Gasteiger partial charge in [-0.1, -0.05) is 26.7 Å². The third-order valence-corrected chi connectivity index (χ3v) is 7.28. The van der Waals surface area contributed by atoms with E-state index in [1.165, 1.54) is 6.07 Å². The van der Waals surface area contributed by atoms with Gasteiger partial charge in [0.2, 0.25) is 11.8 Å². The third-order valence-electron chi connectivity index (χ3n) is 7.28. The normalized spacial score (nSPS) is 16.7. The van der Waals surface area contributed by atoms with E-state index in [-0.39, 0.29) is 17.3 Å². The summed E-state index contributed by atoms with van der Waals surface area (Å²) in [7, 11) is 0. The number of hydrogen-bond donors (Lipinski definition) is 0. The van der Waals surface area contributed by atoms with Gasteiger partial charge in [-0.05, 0) is 58.6 Å². The SMILES string of the molecule is CCCCOc1ccc(-c2cnc(N3CCC4(CC3)CN(C(=O)OC(C)(C)C)C4)c(F)c2)c(OCCCC)n1. The second-order valence-corrected chi connectivity index (χ2v) is 11.8. The molecular formula is C30H43FN4O4. The molecule has 2 saturated heterocycles. The molecule has 9 heteroatoms. The van der Waals surface area contributed by atoms with Crippen LogP contribution < -0.4 is 14.4 Å². The number of unbranched alkanes of at least 4 members (excludes halogenated alkanes) is 2. The predicted octanol–water partition coefficient (Wildman–Crippen LogP) is 6.48. The minimum absolute atomic E-state index is 0.0845. The molecule has 1 spiro atoms. The molecule has 2 aromatic rings. The molecule has 0 N–H and O–H groups in total. The fourth-order valence-electron chi connectivity index (χ4n) is 5.01. The van der Waals surface area contributed by atoms with Gasteiger partial charge in [0.25, 0.3) is 0 Å². The number of aromatic nitrogens is 2. The maximum Gasteiger partial charge on any atom is 0.410 e. The van der Waals surface area contributed by atoms with Gasteiger partial charge in [0.1, 0.15) is 5.60 Å². The van der Waals surface area contributed by atoms with Gasteiger partial charge in [0.05, 0.1) is 13.2 Å². The molecule has 2 aliphatic rings. The van der Waals surface area contributed by atoms with Crippen LogP contribution in [0.5, 0.6) is 11.8 Å². The first-order chi connectivity index (χ1) is 18.6. The van der Waals surface area contributed by atoms with Crippen molar-refractivity contribution in [2.45, 2.75) is 78.7 Å². The minimum Gasteiger partial charge on any atom is -0.478 e. The molecule has 0 unspecified atom stereocenters. The van der Waals surface area contributed by atoms with Crippen molar-refractivity contribution in [2.24, 2.45) is 5.41 Å². The number of ether oxygens (including phenoxy) is 3. The molecule has 0 saturated carbocycles. The van der Waals surface area contributed by atoms with Crippen LogP contribution in [-0.2, 0) is 4.74 Å². The lowest BCUT2D eigenvalue weighted by Crippen LogP contribution is -2.62. The summed E-state index contributed by atoms with van der Waals surface area (Å²) < 4.78 is 32.6. The zero-order valence-corrected chi connectivity index (χ0v) is 24.1. The van der Waals surface area contributed by atoms with E-state index in [0.29, 0.717) is 68.1 Å². The molecule has 0 aromatic carbocycles. The van der Waals surface area contributed by atoms with Gasteiger partial charge in [-0.2, -0.15) is 4.98 Å². The van der Waals surface area contributed by atoms with Crippen molar-refractivity contribution in [3.8, 4) is 22.9 Å². The largest absolute Gasteiger partial charge is 0.478 e. The van der Waals surface area contributed by atoms with Gasteiger partial charge < -0.3 is 24.0 Å². The number of anilines is 1. The lowest BCUT2D eigenvalue weighted by molar-refractivity contribution is -0.0435. The van der Waals surface area contributed by atoms with Gasteiger partial charge in [-0.25, -0.2) is 14.2 Å². The van der Waals surface area contributed by atoms with E-state index in [2.05, 4.69) is 23.8 Å². The monoisotopic (exact) mass is 542 g/mol. The molecule has 39 heavy (non-hydrogen) atoms. The van der Waals surface area contributed by atoms with Gasteiger partial charge >= 0.3 is 6.09 Å². The fraction of sp³-hybridized carbons (Fsp3) is 0.633. The lowest BCUT2D eigenvalue weighted by atomic mass is 9.72. The highest BCUT2D eigenvalue weighted by molar-refractivity contribution is 5.70. The van der Waals surface area contributed by atoms with Crippen LogP contribution in [0.3, 0.4) is 0 Å². The number of carbonyl (C=O) groups is 1. The zero-order chi connectivity index (χ0) is 28.0. The van der Waals surface area contributed by atoms with Gasteiger partial charge in [-0.15, -0.1) is 0 Å². The lowest BCUT2D eigenvalue weighted by Gasteiger charge is -2.53. The number of likely N-dealkylation sites (tertiary alicyclic amines) is 1. The van der Waals surface area contributed by atoms with Crippen LogP contribution in [0.1, 0.15) is 73.1 Å². The maximum absolute atomic E-state index is 15.4. The van der Waals surface area contributed by atoms with Crippen molar-refractivity contribution in [3.05, 3.63) is 30.2 Å². The number of pyridine rings is 2. The molecule has 214 valence electrons. The molecule has 0 aliphatic carbocycles. The number of hydrogen-bond acceptors (Lipinski definition) is 7. The Labute approximate surface area is 231 Å². The van der Waals surface area contributed by atoms with Crippen molar-refractivity contribution in [3.63, 3.8) is 0 Å². The van der Waals surface area contributed by atoms with E-state index >= 15 is 4.39 Å². The van der Waals surface area contributed by atoms with Gasteiger partial charge in [0.15, 0.2) is 11.6 Å². The molecule has 4 heterocycles. The third kappa shape index (κ3) is 7.31. The first-order valence-electron chi connectivity index (χ1n) is 14.3. The topological polar surface area (TPSA) is 77.0 Å². The summed E-state index contributed by atoms with van der Waals surface area (Å²) in [5.41, 5.74) is 0.903. The van der Waals surface area contributed by atoms with Crippen molar-refractivity contribution in [1.29, 1.82) is 0 Å². The Morgan fingerprint density at radius 2 is 1.72 bits per heavy atom. The second-order valence-electron chi connectivity index (χ2n) is 11.8. The van der Waals surface area contributed by atoms with E-state index < -0.39 is 5.60 Å². The summed E-state index contributed by atoms with van der Waals surface area (Å²) >= 11 is 0. The van der Waals surface area contributed by atoms with E-state index in [1.54, 1.807) is 17.2 Å². The van der Waals surface area contributed by atoms with Crippen LogP contribution in [0, 0.1) is 11.2 Å². The smallest absolute Gasteiger partial charge is 0.410 e. The molecular weight excluding hydrogens is 499 g/mol. The van der Waals surface area contributed by atoms with E-state index in [1.807, 2.05) is 31.7 Å². The zero-order valence-electron chi connectivity index (χ0n) is 24.1. The highest BCUT2D eigenvalue weighted by Crippen LogP contribution is 2.42. The predicted molar refractivity (Wildman–Crippen MR) is 150 cm³/mol. The first-order valence-corrected chi connectivity index (χ1v) is 14.3. The summed E-state index contributed by atoms with van der Waals surface area (Å²) in [5, 5.41) is 0. The summed E-state index contributed by atoms with van der Waals surface area (Å²) in [6.45, 7) is 13.7. The van der Waals surface area contributed by atoms with Crippen LogP contribution in [-0.4, -0.2) is 66.0 Å². The number of amides is 1. The summed E-state index contributed by atoms with van der Waals surface area (Å²) in [5.74, 6) is 0.936. The number of rotatable bonds is 10. The highest BCUT2D eigenvalue weighted by atomic mass is 19.1. The van der Waals surface area contributed by atoms with Crippen molar-refractivity contribution >= 4 is 11.9 Å². The maximum atomic E-state index is 15.4. The van der Waals surface area contributed by atoms with Crippen LogP contribution in [0.2, 0.25) is 0 Å². The molecule has 0 atom stereocenters. The Morgan fingerprint density at radius 1 is 1.05 bits per heavy atom. The Hall–Kier alpha value is -3.10. The van der Waals surface area contributed by atoms with E-state index in [9.17, 15) is 4.79 Å². The summed E-state index contributed by atoms with van der Waals surface area (Å²) in [6.07, 6.45) is 7.10. The molecule has 4 rings (SSSR count). The Kier molecular flexibility index (Phi) is 9.18. The van der Waals surface area contributed by atoms with Crippen molar-refractivity contribution < 1.29 is 23.4 Å². The molecule has 2 aliphatic heterocycles. The van der Waals surface area contributed by atoms with Crippen LogP contribution in [0.25, 0.3) is 11.1 Å². The first kappa shape index (κ1) is 28.9. The number of piperidine rings is 1. The summed E-state index contributed by atoms with van der Waals surface area (Å²) in [4.78, 5) is 25.2. The van der Waals surface area contributed by atoms with Gasteiger partial charge in [0, 0.05) is 55.0 Å². The Bertz CT molecular complexity index is 1120. The molecule has 2 fully saturated rings. The Morgan fingerprint density at radius 3 is 2.33 bits per heavy atom. The standard InChI is InChI=1S/C30H43FN4O4/c1-6-8-16-37-25-11-10-23(27(33-25)38-17-9-7-2)22-18-24(31)26(32-19-22)34-14-12-30(13-15-34)20-35(21-30)28(36)39-29(3,4)5/h10-11,18-19H,6-9,12-17,20-21H2,1-5H3. The summed E-state index contributed by atoms with van der Waals surface area (Å²) in [6, 6.07) is 5.18. The molecule has 1 amide bonds. The molecule has 0 bridgehead atoms. The van der Waals surface area contributed by atoms with Crippen molar-refractivity contribution in [2.75, 3.05) is 44.3 Å². The van der Waals surface area contributed by atoms with Crippen LogP contribution in [0.15, 0.2) is 24.4 Å². The Balaban J connectivity index is 1.40. The second kappa shape index (κ2) is 12.4. The van der Waals surface area contributed by atoms with Crippen molar-refractivity contribution in [1.82, 2.24) is 14.9 Å². The number of halogens is 1. The number of carbonyl (C=O) groups excluding carboxylic acids is 1. The minimum atomic E-state index is -0.499. The highest BCUT2D eigenvalue weighted by Gasteiger charge is 2.48. The molecule has 8 nitrogen and oxygen atoms in total. The fourth-order valence-corrected chi connectivity index (χ4v) is 5.01. The van der Waals surface area contributed by atoms with Gasteiger partial charge in [-0.3, -0.25) is 0 Å². The van der Waals surface area contributed by atoms with Crippen LogP contribution in [0.4, 0.5) is 15.0 Å². The van der Waals surface area contributed by atoms with E-state index in [4.69, 9.17) is 14.2 Å². The molecule has 2 aromatic heterocycles.